The van der Waals surface area contributed by atoms with Crippen LogP contribution in [0.1, 0.15) is 16.0 Å². The van der Waals surface area contributed by atoms with Gasteiger partial charge in [-0.15, -0.1) is 35.3 Å². The Balaban J connectivity index is 0.00000320. The molecule has 2 aromatic carbocycles. The standard InChI is InChI=1S/C21H22N4O3S.HI/c1-28-19-5-2-4-17(12-19)14-23-21(24-15-20-6-3-11-29-20)22-13-16-7-9-18(10-8-16)25(26)27;/h2-12H,13-15H2,1H3,(H2,22,23,24);1H. The molecule has 0 bridgehead atoms. The molecule has 0 aliphatic carbocycles. The van der Waals surface area contributed by atoms with Gasteiger partial charge < -0.3 is 15.4 Å². The predicted molar refractivity (Wildman–Crippen MR) is 131 cm³/mol. The van der Waals surface area contributed by atoms with E-state index in [1.807, 2.05) is 35.7 Å². The van der Waals surface area contributed by atoms with Crippen molar-refractivity contribution in [3.8, 4) is 5.75 Å². The molecule has 0 unspecified atom stereocenters. The first-order valence-electron chi connectivity index (χ1n) is 9.05. The molecule has 0 fully saturated rings. The third kappa shape index (κ3) is 7.30. The Morgan fingerprint density at radius 2 is 1.83 bits per heavy atom. The molecule has 0 saturated carbocycles. The van der Waals surface area contributed by atoms with Crippen LogP contribution in [0, 0.1) is 10.1 Å². The highest BCUT2D eigenvalue weighted by molar-refractivity contribution is 14.0. The van der Waals surface area contributed by atoms with Crippen LogP contribution < -0.4 is 15.4 Å². The summed E-state index contributed by atoms with van der Waals surface area (Å²) in [7, 11) is 1.64. The van der Waals surface area contributed by atoms with Crippen LogP contribution in [0.25, 0.3) is 0 Å². The van der Waals surface area contributed by atoms with E-state index in [1.54, 1.807) is 30.6 Å². The maximum absolute atomic E-state index is 10.8. The zero-order valence-corrected chi connectivity index (χ0v) is 19.6. The van der Waals surface area contributed by atoms with Crippen molar-refractivity contribution >= 4 is 47.0 Å². The second kappa shape index (κ2) is 12.1. The molecular weight excluding hydrogens is 515 g/mol. The van der Waals surface area contributed by atoms with Crippen LogP contribution in [0.5, 0.6) is 5.75 Å². The number of aliphatic imine (C=N–C) groups is 1. The number of rotatable bonds is 8. The van der Waals surface area contributed by atoms with Crippen LogP contribution in [0.15, 0.2) is 71.0 Å². The molecule has 30 heavy (non-hydrogen) atoms. The van der Waals surface area contributed by atoms with Gasteiger partial charge in [-0.2, -0.15) is 0 Å². The number of nitrogens with zero attached hydrogens (tertiary/aromatic N) is 2. The van der Waals surface area contributed by atoms with Crippen LogP contribution >= 0.6 is 35.3 Å². The molecular formula is C21H23IN4O3S. The lowest BCUT2D eigenvalue weighted by molar-refractivity contribution is -0.384. The number of guanidine groups is 1. The topological polar surface area (TPSA) is 88.8 Å². The van der Waals surface area contributed by atoms with Gasteiger partial charge >= 0.3 is 0 Å². The summed E-state index contributed by atoms with van der Waals surface area (Å²) in [5.74, 6) is 1.46. The average Bonchev–Trinajstić information content (AvgIpc) is 3.27. The monoisotopic (exact) mass is 538 g/mol. The van der Waals surface area contributed by atoms with Crippen molar-refractivity contribution in [3.05, 3.63) is 92.2 Å². The van der Waals surface area contributed by atoms with Crippen molar-refractivity contribution in [1.82, 2.24) is 10.6 Å². The molecule has 0 aliphatic heterocycles. The van der Waals surface area contributed by atoms with E-state index in [4.69, 9.17) is 4.74 Å². The zero-order chi connectivity index (χ0) is 20.5. The second-order valence-corrected chi connectivity index (χ2v) is 7.26. The second-order valence-electron chi connectivity index (χ2n) is 6.23. The van der Waals surface area contributed by atoms with Gasteiger partial charge in [0.25, 0.3) is 5.69 Å². The van der Waals surface area contributed by atoms with E-state index in [0.717, 1.165) is 16.9 Å². The number of methoxy groups -OCH3 is 1. The molecule has 3 aromatic rings. The largest absolute Gasteiger partial charge is 0.497 e. The Morgan fingerprint density at radius 1 is 1.07 bits per heavy atom. The highest BCUT2D eigenvalue weighted by Crippen LogP contribution is 2.14. The molecule has 158 valence electrons. The predicted octanol–water partition coefficient (Wildman–Crippen LogP) is 4.72. The van der Waals surface area contributed by atoms with Crippen LogP contribution in [0.3, 0.4) is 0 Å². The number of nitro benzene ring substituents is 1. The molecule has 0 amide bonds. The molecule has 0 aliphatic rings. The summed E-state index contributed by atoms with van der Waals surface area (Å²) in [6.45, 7) is 1.67. The average molecular weight is 538 g/mol. The quantitative estimate of drug-likeness (QED) is 0.143. The number of halogens is 1. The number of hydrogen-bond acceptors (Lipinski definition) is 5. The van der Waals surface area contributed by atoms with E-state index in [9.17, 15) is 10.1 Å². The lowest BCUT2D eigenvalue weighted by Gasteiger charge is -2.12. The summed E-state index contributed by atoms with van der Waals surface area (Å²) in [4.78, 5) is 16.3. The van der Waals surface area contributed by atoms with E-state index >= 15 is 0 Å². The Morgan fingerprint density at radius 3 is 2.50 bits per heavy atom. The van der Waals surface area contributed by atoms with Crippen molar-refractivity contribution in [1.29, 1.82) is 0 Å². The number of nitrogens with one attached hydrogen (secondary N) is 2. The molecule has 2 N–H and O–H groups in total. The van der Waals surface area contributed by atoms with Gasteiger partial charge in [0.15, 0.2) is 5.96 Å². The van der Waals surface area contributed by atoms with Crippen molar-refractivity contribution in [3.63, 3.8) is 0 Å². The van der Waals surface area contributed by atoms with Gasteiger partial charge in [-0.25, -0.2) is 4.99 Å². The minimum absolute atomic E-state index is 0. The van der Waals surface area contributed by atoms with Crippen LogP contribution in [0.2, 0.25) is 0 Å². The first kappa shape index (κ1) is 23.6. The normalized spacial score (nSPS) is 10.8. The first-order valence-corrected chi connectivity index (χ1v) is 9.93. The van der Waals surface area contributed by atoms with Gasteiger partial charge in [0.2, 0.25) is 0 Å². The fourth-order valence-electron chi connectivity index (χ4n) is 2.62. The van der Waals surface area contributed by atoms with E-state index in [1.165, 1.54) is 17.0 Å². The summed E-state index contributed by atoms with van der Waals surface area (Å²) >= 11 is 1.68. The number of thiophene rings is 1. The minimum atomic E-state index is -0.402. The number of nitro groups is 1. The summed E-state index contributed by atoms with van der Waals surface area (Å²) in [5, 5.41) is 19.4. The van der Waals surface area contributed by atoms with Crippen LogP contribution in [-0.4, -0.2) is 18.0 Å². The molecule has 3 rings (SSSR count). The summed E-state index contributed by atoms with van der Waals surface area (Å²) < 4.78 is 5.26. The maximum atomic E-state index is 10.8. The summed E-state index contributed by atoms with van der Waals surface area (Å²) in [6.07, 6.45) is 0. The number of benzene rings is 2. The first-order chi connectivity index (χ1) is 14.1. The van der Waals surface area contributed by atoms with Crippen LogP contribution in [0.4, 0.5) is 5.69 Å². The van der Waals surface area contributed by atoms with Crippen molar-refractivity contribution < 1.29 is 9.66 Å². The van der Waals surface area contributed by atoms with Crippen molar-refractivity contribution in [2.75, 3.05) is 7.11 Å². The Kier molecular flexibility index (Phi) is 9.55. The third-order valence-corrected chi connectivity index (χ3v) is 5.05. The summed E-state index contributed by atoms with van der Waals surface area (Å²) in [6, 6.07) is 18.4. The van der Waals surface area contributed by atoms with E-state index < -0.39 is 4.92 Å². The fraction of sp³-hybridized carbons (Fsp3) is 0.190. The van der Waals surface area contributed by atoms with Crippen LogP contribution in [-0.2, 0) is 19.6 Å². The molecule has 0 spiro atoms. The van der Waals surface area contributed by atoms with Crippen molar-refractivity contribution in [2.45, 2.75) is 19.6 Å². The third-order valence-electron chi connectivity index (χ3n) is 4.17. The number of non-ortho nitro benzene ring substituents is 1. The van der Waals surface area contributed by atoms with Gasteiger partial charge in [-0.3, -0.25) is 10.1 Å². The van der Waals surface area contributed by atoms with Gasteiger partial charge in [-0.1, -0.05) is 30.3 Å². The lowest BCUT2D eigenvalue weighted by Crippen LogP contribution is -2.36. The lowest BCUT2D eigenvalue weighted by atomic mass is 10.2. The molecule has 7 nitrogen and oxygen atoms in total. The molecule has 1 aromatic heterocycles. The smallest absolute Gasteiger partial charge is 0.269 e. The molecule has 0 saturated heterocycles. The Bertz CT molecular complexity index is 963. The van der Waals surface area contributed by atoms with Gasteiger partial charge in [-0.05, 0) is 34.7 Å². The highest BCUT2D eigenvalue weighted by atomic mass is 127. The highest BCUT2D eigenvalue weighted by Gasteiger charge is 2.05. The molecule has 0 radical (unpaired) electrons. The Hall–Kier alpha value is -2.66. The zero-order valence-electron chi connectivity index (χ0n) is 16.4. The SMILES string of the molecule is COc1cccc(CN=C(NCc2ccc([N+](=O)[O-])cc2)NCc2cccs2)c1.I. The van der Waals surface area contributed by atoms with E-state index in [2.05, 4.69) is 21.7 Å². The Labute approximate surface area is 196 Å². The van der Waals surface area contributed by atoms with E-state index in [-0.39, 0.29) is 29.7 Å². The summed E-state index contributed by atoms with van der Waals surface area (Å²) in [5.41, 5.74) is 2.05. The van der Waals surface area contributed by atoms with Gasteiger partial charge in [0.05, 0.1) is 25.1 Å². The minimum Gasteiger partial charge on any atom is -0.497 e. The van der Waals surface area contributed by atoms with Crippen molar-refractivity contribution in [2.24, 2.45) is 4.99 Å². The van der Waals surface area contributed by atoms with Gasteiger partial charge in [0, 0.05) is 23.6 Å². The molecule has 0 atom stereocenters. The fourth-order valence-corrected chi connectivity index (χ4v) is 3.27. The van der Waals surface area contributed by atoms with Gasteiger partial charge in [0.1, 0.15) is 5.75 Å². The van der Waals surface area contributed by atoms with E-state index in [0.29, 0.717) is 25.6 Å². The number of hydrogen-bond donors (Lipinski definition) is 2. The maximum Gasteiger partial charge on any atom is 0.269 e. The number of ether oxygens (including phenoxy) is 1. The molecule has 1 heterocycles. The molecule has 9 heteroatoms.